The molecule has 11 nitrogen and oxygen atoms in total. The van der Waals surface area contributed by atoms with Crippen LogP contribution in [0.25, 0.3) is 22.2 Å². The van der Waals surface area contributed by atoms with Crippen molar-refractivity contribution in [2.24, 2.45) is 0 Å². The summed E-state index contributed by atoms with van der Waals surface area (Å²) in [4.78, 5) is 47.1. The number of aromatic nitrogens is 2. The Morgan fingerprint density at radius 3 is 2.54 bits per heavy atom. The minimum absolute atomic E-state index is 0.125. The maximum Gasteiger partial charge on any atom is 0.239 e. The van der Waals surface area contributed by atoms with Gasteiger partial charge in [0, 0.05) is 12.5 Å². The summed E-state index contributed by atoms with van der Waals surface area (Å²) in [5, 5.41) is 9.11. The van der Waals surface area contributed by atoms with Gasteiger partial charge >= 0.3 is 0 Å². The largest absolute Gasteiger partial charge is 0.493 e. The minimum atomic E-state index is -0.432. The Bertz CT molecular complexity index is 1780. The Morgan fingerprint density at radius 1 is 1.07 bits per heavy atom. The van der Waals surface area contributed by atoms with Crippen LogP contribution in [0, 0.1) is 0 Å². The van der Waals surface area contributed by atoms with Crippen LogP contribution in [0.5, 0.6) is 17.2 Å². The van der Waals surface area contributed by atoms with Crippen molar-refractivity contribution in [3.63, 3.8) is 0 Å². The van der Waals surface area contributed by atoms with Crippen molar-refractivity contribution in [3.05, 3.63) is 75.7 Å². The van der Waals surface area contributed by atoms with E-state index in [9.17, 15) is 14.4 Å². The summed E-state index contributed by atoms with van der Waals surface area (Å²) in [5.74, 6) is 2.45. The van der Waals surface area contributed by atoms with Crippen LogP contribution in [0.4, 0.5) is 5.69 Å². The van der Waals surface area contributed by atoms with Crippen LogP contribution in [0.1, 0.15) is 48.8 Å². The topological polar surface area (TPSA) is 144 Å². The molecule has 0 unspecified atom stereocenters. The fourth-order valence-electron chi connectivity index (χ4n) is 5.93. The molecule has 2 amide bonds. The monoisotopic (exact) mass is 645 g/mol. The number of nitrogens with zero attached hydrogens (tertiary/aromatic N) is 1. The summed E-state index contributed by atoms with van der Waals surface area (Å²) < 4.78 is 17.1. The number of anilines is 1. The van der Waals surface area contributed by atoms with Gasteiger partial charge in [-0.05, 0) is 78.3 Å². The SMILES string of the molecule is COc1cc2c(c(OC)c1OC)-c1ccc(NCC(=O)N[C@H](CCSC)c3nc4ccccc4[nH]3)c(=O)cc1[C@H](NC(C)=O)CC2. The average Bonchev–Trinajstić information content (AvgIpc) is 3.35. The van der Waals surface area contributed by atoms with Crippen molar-refractivity contribution in [1.29, 1.82) is 0 Å². The fraction of sp³-hybridized carbons (Fsp3) is 0.353. The van der Waals surface area contributed by atoms with Gasteiger partial charge in [0.15, 0.2) is 11.5 Å². The number of benzene rings is 2. The number of methoxy groups -OCH3 is 3. The quantitative estimate of drug-likeness (QED) is 0.171. The highest BCUT2D eigenvalue weighted by atomic mass is 32.2. The summed E-state index contributed by atoms with van der Waals surface area (Å²) in [6.07, 6.45) is 3.85. The van der Waals surface area contributed by atoms with Crippen molar-refractivity contribution < 1.29 is 23.8 Å². The number of hydrogen-bond donors (Lipinski definition) is 4. The highest BCUT2D eigenvalue weighted by Gasteiger charge is 2.29. The molecule has 0 saturated carbocycles. The van der Waals surface area contributed by atoms with E-state index in [0.717, 1.165) is 27.9 Å². The van der Waals surface area contributed by atoms with E-state index in [1.165, 1.54) is 20.1 Å². The first-order chi connectivity index (χ1) is 22.3. The third-order valence-corrected chi connectivity index (χ3v) is 8.68. The Kier molecular flexibility index (Phi) is 10.4. The summed E-state index contributed by atoms with van der Waals surface area (Å²) in [5.41, 5.74) is 4.70. The molecule has 1 aliphatic rings. The van der Waals surface area contributed by atoms with Crippen LogP contribution in [0.3, 0.4) is 0 Å². The lowest BCUT2D eigenvalue weighted by Gasteiger charge is -2.19. The van der Waals surface area contributed by atoms with Gasteiger partial charge in [-0.2, -0.15) is 11.8 Å². The van der Waals surface area contributed by atoms with E-state index in [4.69, 9.17) is 14.2 Å². The van der Waals surface area contributed by atoms with E-state index >= 15 is 0 Å². The van der Waals surface area contributed by atoms with Gasteiger partial charge in [-0.1, -0.05) is 18.2 Å². The molecule has 0 saturated heterocycles. The van der Waals surface area contributed by atoms with Crippen molar-refractivity contribution in [1.82, 2.24) is 20.6 Å². The molecule has 2 atom stereocenters. The maximum absolute atomic E-state index is 13.6. The second-order valence-corrected chi connectivity index (χ2v) is 12.0. The Labute approximate surface area is 271 Å². The Morgan fingerprint density at radius 2 is 1.85 bits per heavy atom. The van der Waals surface area contributed by atoms with E-state index in [2.05, 4.69) is 25.9 Å². The summed E-state index contributed by atoms with van der Waals surface area (Å²) >= 11 is 1.69. The lowest BCUT2D eigenvalue weighted by molar-refractivity contribution is -0.120. The molecule has 0 spiro atoms. The predicted molar refractivity (Wildman–Crippen MR) is 181 cm³/mol. The highest BCUT2D eigenvalue weighted by Crippen LogP contribution is 2.50. The number of para-hydroxylation sites is 2. The number of H-pyrrole nitrogens is 1. The van der Waals surface area contributed by atoms with E-state index < -0.39 is 6.04 Å². The summed E-state index contributed by atoms with van der Waals surface area (Å²) in [6, 6.07) is 13.9. The number of ether oxygens (including phenoxy) is 3. The van der Waals surface area contributed by atoms with Gasteiger partial charge in [-0.15, -0.1) is 0 Å². The Hall–Kier alpha value is -4.71. The zero-order valence-electron chi connectivity index (χ0n) is 26.6. The lowest BCUT2D eigenvalue weighted by Crippen LogP contribution is -2.34. The van der Waals surface area contributed by atoms with E-state index in [1.54, 1.807) is 32.0 Å². The van der Waals surface area contributed by atoms with Crippen LogP contribution in [-0.4, -0.2) is 61.7 Å². The first-order valence-corrected chi connectivity index (χ1v) is 16.4. The second kappa shape index (κ2) is 14.6. The molecule has 0 aliphatic heterocycles. The number of nitrogens with one attached hydrogen (secondary N) is 4. The van der Waals surface area contributed by atoms with Crippen LogP contribution < -0.4 is 35.6 Å². The number of imidazole rings is 1. The molecular weight excluding hydrogens is 606 g/mol. The van der Waals surface area contributed by atoms with E-state index in [-0.39, 0.29) is 35.5 Å². The van der Waals surface area contributed by atoms with Crippen LogP contribution in [0.2, 0.25) is 0 Å². The van der Waals surface area contributed by atoms with E-state index in [0.29, 0.717) is 53.5 Å². The smallest absolute Gasteiger partial charge is 0.239 e. The molecule has 12 heteroatoms. The molecule has 242 valence electrons. The number of carbonyl (C=O) groups is 2. The standard InChI is InChI=1S/C34H39N5O6S/c1-19(40)36-23-12-10-20-16-29(43-2)32(44-3)33(45-4)31(20)21-11-13-26(28(41)17-22(21)23)35-18-30(42)37-27(14-15-46-5)34-38-24-8-6-7-9-25(24)39-34/h6-9,11,13,16-17,23,27H,10,12,14-15,18H2,1-5H3,(H,35,41)(H,36,40)(H,37,42)(H,38,39)/t23-,27-/m1/s1. The molecule has 5 rings (SSSR count). The van der Waals surface area contributed by atoms with Crippen LogP contribution in [-0.2, 0) is 16.0 Å². The first-order valence-electron chi connectivity index (χ1n) is 15.0. The van der Waals surface area contributed by atoms with Crippen LogP contribution >= 0.6 is 11.8 Å². The van der Waals surface area contributed by atoms with Crippen molar-refractivity contribution in [2.45, 2.75) is 38.3 Å². The number of aromatic amines is 1. The Balaban J connectivity index is 1.47. The summed E-state index contributed by atoms with van der Waals surface area (Å²) in [6.45, 7) is 1.33. The van der Waals surface area contributed by atoms with Crippen LogP contribution in [0.15, 0.2) is 53.3 Å². The molecule has 4 N–H and O–H groups in total. The number of fused-ring (bicyclic) bond motifs is 4. The average molecular weight is 646 g/mol. The van der Waals surface area contributed by atoms with Crippen molar-refractivity contribution in [2.75, 3.05) is 45.2 Å². The minimum Gasteiger partial charge on any atom is -0.493 e. The molecule has 0 radical (unpaired) electrons. The molecule has 1 aromatic heterocycles. The fourth-order valence-corrected chi connectivity index (χ4v) is 6.40. The molecule has 1 aliphatic carbocycles. The highest BCUT2D eigenvalue weighted by molar-refractivity contribution is 7.98. The third kappa shape index (κ3) is 6.91. The van der Waals surface area contributed by atoms with Crippen molar-refractivity contribution in [3.8, 4) is 28.4 Å². The molecule has 1 heterocycles. The molecule has 3 aromatic carbocycles. The van der Waals surface area contributed by atoms with Gasteiger partial charge in [-0.25, -0.2) is 4.98 Å². The van der Waals surface area contributed by atoms with E-state index in [1.807, 2.05) is 42.7 Å². The zero-order valence-corrected chi connectivity index (χ0v) is 27.4. The van der Waals surface area contributed by atoms with Crippen molar-refractivity contribution >= 4 is 40.3 Å². The second-order valence-electron chi connectivity index (χ2n) is 11.0. The number of aryl methyl sites for hydroxylation is 1. The molecule has 46 heavy (non-hydrogen) atoms. The first kappa shape index (κ1) is 32.7. The molecular formula is C34H39N5O6S. The summed E-state index contributed by atoms with van der Waals surface area (Å²) in [7, 11) is 4.66. The normalized spacial score (nSPS) is 14.3. The van der Waals surface area contributed by atoms with Gasteiger partial charge in [-0.3, -0.25) is 14.4 Å². The number of amides is 2. The van der Waals surface area contributed by atoms with Gasteiger partial charge in [0.2, 0.25) is 23.0 Å². The zero-order chi connectivity index (χ0) is 32.8. The maximum atomic E-state index is 13.6. The number of hydrogen-bond acceptors (Lipinski definition) is 9. The van der Waals surface area contributed by atoms with Gasteiger partial charge in [0.05, 0.1) is 56.7 Å². The molecule has 4 aromatic rings. The molecule has 0 bridgehead atoms. The van der Waals surface area contributed by atoms with Gasteiger partial charge in [0.25, 0.3) is 0 Å². The number of carbonyl (C=O) groups excluding carboxylic acids is 2. The predicted octanol–water partition coefficient (Wildman–Crippen LogP) is 4.76. The third-order valence-electron chi connectivity index (χ3n) is 8.04. The number of thioether (sulfide) groups is 1. The van der Waals surface area contributed by atoms with Gasteiger partial charge < -0.3 is 35.1 Å². The lowest BCUT2D eigenvalue weighted by atomic mass is 9.95. The number of rotatable bonds is 12. The van der Waals surface area contributed by atoms with Gasteiger partial charge in [0.1, 0.15) is 5.82 Å². The molecule has 0 fully saturated rings.